The smallest absolute Gasteiger partial charge is 0.256 e. The molecule has 1 fully saturated rings. The van der Waals surface area contributed by atoms with Gasteiger partial charge in [0.15, 0.2) is 0 Å². The highest BCUT2D eigenvalue weighted by Gasteiger charge is 2.46. The number of carbonyl (C=O) groups excluding carboxylic acids is 1. The molecule has 144 valence electrons. The van der Waals surface area contributed by atoms with E-state index >= 15 is 0 Å². The summed E-state index contributed by atoms with van der Waals surface area (Å²) in [5, 5.41) is 0. The maximum atomic E-state index is 14.3. The molecule has 2 aliphatic rings. The predicted molar refractivity (Wildman–Crippen MR) is 102 cm³/mol. The van der Waals surface area contributed by atoms with Crippen molar-refractivity contribution in [3.63, 3.8) is 0 Å². The zero-order valence-corrected chi connectivity index (χ0v) is 16.1. The number of benzene rings is 1. The summed E-state index contributed by atoms with van der Waals surface area (Å²) in [6.45, 7) is 7.33. The van der Waals surface area contributed by atoms with E-state index in [1.165, 1.54) is 11.8 Å². The maximum absolute atomic E-state index is 14.3. The monoisotopic (exact) mass is 370 g/mol. The van der Waals surface area contributed by atoms with Crippen LogP contribution in [0.4, 0.5) is 4.39 Å². The number of nitrogens with one attached hydrogen (secondary N) is 1. The molecule has 6 heteroatoms. The van der Waals surface area contributed by atoms with Gasteiger partial charge in [-0.25, -0.2) is 9.37 Å². The molecular weight excluding hydrogens is 343 g/mol. The predicted octanol–water partition coefficient (Wildman–Crippen LogP) is 3.26. The van der Waals surface area contributed by atoms with Crippen molar-refractivity contribution in [2.24, 2.45) is 0 Å². The topological polar surface area (TPSA) is 52.2 Å². The third-order valence-electron chi connectivity index (χ3n) is 6.12. The summed E-state index contributed by atoms with van der Waals surface area (Å²) >= 11 is 0. The molecule has 0 radical (unpaired) electrons. The highest BCUT2D eigenvalue weighted by molar-refractivity contribution is 5.94. The van der Waals surface area contributed by atoms with Crippen molar-refractivity contribution < 1.29 is 9.18 Å². The highest BCUT2D eigenvalue weighted by atomic mass is 19.1. The Bertz CT molecular complexity index is 838. The molecular formula is C21H27FN4O. The lowest BCUT2D eigenvalue weighted by Gasteiger charge is -2.50. The van der Waals surface area contributed by atoms with Crippen LogP contribution in [-0.4, -0.2) is 51.9 Å². The van der Waals surface area contributed by atoms with Crippen LogP contribution in [-0.2, 0) is 12.0 Å². The molecule has 27 heavy (non-hydrogen) atoms. The van der Waals surface area contributed by atoms with Gasteiger partial charge in [0.1, 0.15) is 5.82 Å². The standard InChI is InChI=1S/C21H27FN4O/c1-3-9-26-10-6-18-19(24-14-23-18)21(26)7-11-25(12-8-21)20(27)16-5-4-15(2)13-17(16)22/h4-5,13-14H,3,6-12H2,1-2H3,(H,23,24). The number of fused-ring (bicyclic) bond motifs is 2. The van der Waals surface area contributed by atoms with Crippen LogP contribution in [0, 0.1) is 12.7 Å². The molecule has 0 bridgehead atoms. The van der Waals surface area contributed by atoms with Crippen LogP contribution in [0.2, 0.25) is 0 Å². The molecule has 1 aromatic heterocycles. The van der Waals surface area contributed by atoms with Crippen LogP contribution in [0.5, 0.6) is 0 Å². The molecule has 2 aliphatic heterocycles. The lowest BCUT2D eigenvalue weighted by Crippen LogP contribution is -2.57. The van der Waals surface area contributed by atoms with Gasteiger partial charge in [0.25, 0.3) is 5.91 Å². The second kappa shape index (κ2) is 7.08. The van der Waals surface area contributed by atoms with Crippen molar-refractivity contribution in [3.8, 4) is 0 Å². The van der Waals surface area contributed by atoms with E-state index in [1.807, 2.05) is 6.92 Å². The average Bonchev–Trinajstić information content (AvgIpc) is 3.14. The Kier molecular flexibility index (Phi) is 4.76. The minimum atomic E-state index is -0.430. The third kappa shape index (κ3) is 3.06. The van der Waals surface area contributed by atoms with E-state index < -0.39 is 5.82 Å². The van der Waals surface area contributed by atoms with Crippen LogP contribution in [0.15, 0.2) is 24.5 Å². The number of halogens is 1. The number of amides is 1. The molecule has 0 aliphatic carbocycles. The Hall–Kier alpha value is -2.21. The molecule has 1 N–H and O–H groups in total. The molecule has 1 amide bonds. The Morgan fingerprint density at radius 2 is 2.07 bits per heavy atom. The first-order valence-corrected chi connectivity index (χ1v) is 9.88. The van der Waals surface area contributed by atoms with Crippen molar-refractivity contribution in [2.45, 2.75) is 45.1 Å². The van der Waals surface area contributed by atoms with Crippen molar-refractivity contribution in [1.29, 1.82) is 0 Å². The van der Waals surface area contributed by atoms with Crippen LogP contribution < -0.4 is 0 Å². The fourth-order valence-corrected chi connectivity index (χ4v) is 4.72. The van der Waals surface area contributed by atoms with Gasteiger partial charge in [0.05, 0.1) is 23.1 Å². The van der Waals surface area contributed by atoms with E-state index in [4.69, 9.17) is 0 Å². The number of piperidine rings is 1. The van der Waals surface area contributed by atoms with Crippen LogP contribution in [0.3, 0.4) is 0 Å². The van der Waals surface area contributed by atoms with Gasteiger partial charge in [-0.15, -0.1) is 0 Å². The SMILES string of the molecule is CCCN1CCc2[nH]cnc2C12CCN(C(=O)c1ccc(C)cc1F)CC2. The Labute approximate surface area is 159 Å². The van der Waals surface area contributed by atoms with E-state index in [-0.39, 0.29) is 17.0 Å². The summed E-state index contributed by atoms with van der Waals surface area (Å²) in [4.78, 5) is 25.2. The largest absolute Gasteiger partial charge is 0.348 e. The van der Waals surface area contributed by atoms with Crippen molar-refractivity contribution in [2.75, 3.05) is 26.2 Å². The van der Waals surface area contributed by atoms with Crippen molar-refractivity contribution in [3.05, 3.63) is 52.9 Å². The van der Waals surface area contributed by atoms with Gasteiger partial charge in [-0.3, -0.25) is 9.69 Å². The summed E-state index contributed by atoms with van der Waals surface area (Å²) in [6, 6.07) is 4.83. The summed E-state index contributed by atoms with van der Waals surface area (Å²) in [6.07, 6.45) is 5.56. The molecule has 0 saturated carbocycles. The fourth-order valence-electron chi connectivity index (χ4n) is 4.72. The van der Waals surface area contributed by atoms with E-state index in [9.17, 15) is 9.18 Å². The first-order valence-electron chi connectivity index (χ1n) is 9.88. The first kappa shape index (κ1) is 18.2. The Morgan fingerprint density at radius 3 is 2.78 bits per heavy atom. The summed E-state index contributed by atoms with van der Waals surface area (Å²) in [5.41, 5.74) is 3.27. The van der Waals surface area contributed by atoms with E-state index in [1.54, 1.807) is 23.4 Å². The minimum absolute atomic E-state index is 0.105. The minimum Gasteiger partial charge on any atom is -0.348 e. The normalized spacial score (nSPS) is 19.3. The van der Waals surface area contributed by atoms with Gasteiger partial charge in [-0.05, 0) is 50.4 Å². The quantitative estimate of drug-likeness (QED) is 0.902. The number of hydrogen-bond donors (Lipinski definition) is 1. The zero-order chi connectivity index (χ0) is 19.0. The average molecular weight is 370 g/mol. The van der Waals surface area contributed by atoms with Gasteiger partial charge in [0, 0.05) is 31.7 Å². The van der Waals surface area contributed by atoms with Gasteiger partial charge >= 0.3 is 0 Å². The number of hydrogen-bond acceptors (Lipinski definition) is 3. The summed E-state index contributed by atoms with van der Waals surface area (Å²) in [5.74, 6) is -0.636. The maximum Gasteiger partial charge on any atom is 0.256 e. The van der Waals surface area contributed by atoms with E-state index in [0.717, 1.165) is 50.0 Å². The number of likely N-dealkylation sites (tertiary alicyclic amines) is 1. The molecule has 4 rings (SSSR count). The Morgan fingerprint density at radius 1 is 1.30 bits per heavy atom. The number of aromatic amines is 1. The van der Waals surface area contributed by atoms with Crippen LogP contribution in [0.1, 0.15) is 53.5 Å². The highest BCUT2D eigenvalue weighted by Crippen LogP contribution is 2.42. The van der Waals surface area contributed by atoms with Gasteiger partial charge in [-0.1, -0.05) is 13.0 Å². The first-order chi connectivity index (χ1) is 13.0. The number of aryl methyl sites for hydroxylation is 1. The van der Waals surface area contributed by atoms with Crippen LogP contribution in [0.25, 0.3) is 0 Å². The molecule has 1 saturated heterocycles. The second-order valence-electron chi connectivity index (χ2n) is 7.77. The number of rotatable bonds is 3. The van der Waals surface area contributed by atoms with E-state index in [2.05, 4.69) is 21.8 Å². The molecule has 0 atom stereocenters. The molecule has 2 aromatic rings. The van der Waals surface area contributed by atoms with Gasteiger partial charge in [-0.2, -0.15) is 0 Å². The molecule has 0 unspecified atom stereocenters. The molecule has 3 heterocycles. The number of carbonyl (C=O) groups is 1. The fraction of sp³-hybridized carbons (Fsp3) is 0.524. The third-order valence-corrected chi connectivity index (χ3v) is 6.12. The number of H-pyrrole nitrogens is 1. The van der Waals surface area contributed by atoms with Gasteiger partial charge in [0.2, 0.25) is 0 Å². The number of imidazole rings is 1. The van der Waals surface area contributed by atoms with Crippen molar-refractivity contribution >= 4 is 5.91 Å². The summed E-state index contributed by atoms with van der Waals surface area (Å²) in [7, 11) is 0. The summed E-state index contributed by atoms with van der Waals surface area (Å²) < 4.78 is 14.3. The lowest BCUT2D eigenvalue weighted by molar-refractivity contribution is 0.00695. The molecule has 1 spiro atoms. The number of aromatic nitrogens is 2. The lowest BCUT2D eigenvalue weighted by atomic mass is 9.78. The zero-order valence-electron chi connectivity index (χ0n) is 16.1. The Balaban J connectivity index is 1.56. The molecule has 5 nitrogen and oxygen atoms in total. The van der Waals surface area contributed by atoms with Crippen LogP contribution >= 0.6 is 0 Å². The number of nitrogens with zero attached hydrogens (tertiary/aromatic N) is 3. The van der Waals surface area contributed by atoms with E-state index in [0.29, 0.717) is 13.1 Å². The molecule has 1 aromatic carbocycles. The van der Waals surface area contributed by atoms with Gasteiger partial charge < -0.3 is 9.88 Å². The second-order valence-corrected chi connectivity index (χ2v) is 7.77. The van der Waals surface area contributed by atoms with Crippen molar-refractivity contribution in [1.82, 2.24) is 19.8 Å².